The summed E-state index contributed by atoms with van der Waals surface area (Å²) in [5.41, 5.74) is 3.30. The maximum absolute atomic E-state index is 12.5. The maximum Gasteiger partial charge on any atom is 0.310 e. The van der Waals surface area contributed by atoms with Crippen LogP contribution in [0.5, 0.6) is 0 Å². The fourth-order valence-corrected chi connectivity index (χ4v) is 3.56. The van der Waals surface area contributed by atoms with Crippen LogP contribution >= 0.6 is 0 Å². The minimum Gasteiger partial charge on any atom is -0.469 e. The van der Waals surface area contributed by atoms with Crippen LogP contribution in [0.25, 0.3) is 0 Å². The number of carbonyl (C=O) groups is 2. The molecule has 0 radical (unpaired) electrons. The van der Waals surface area contributed by atoms with Crippen molar-refractivity contribution in [2.24, 2.45) is 5.92 Å². The number of aryl methyl sites for hydroxylation is 1. The van der Waals surface area contributed by atoms with E-state index in [0.717, 1.165) is 16.4 Å². The summed E-state index contributed by atoms with van der Waals surface area (Å²) in [6.45, 7) is 1.82. The Morgan fingerprint density at radius 1 is 1.36 bits per heavy atom. The molecule has 0 bridgehead atoms. The van der Waals surface area contributed by atoms with Crippen LogP contribution < -0.4 is 5.43 Å². The lowest BCUT2D eigenvalue weighted by Crippen LogP contribution is -2.54. The molecule has 2 rings (SSSR count). The molecule has 0 aromatic heterocycles. The van der Waals surface area contributed by atoms with Crippen LogP contribution in [-0.2, 0) is 30.8 Å². The minimum atomic E-state index is -3.90. The van der Waals surface area contributed by atoms with E-state index in [4.69, 9.17) is 0 Å². The van der Waals surface area contributed by atoms with E-state index in [1.807, 2.05) is 6.92 Å². The second-order valence-electron chi connectivity index (χ2n) is 4.99. The maximum atomic E-state index is 12.5. The van der Waals surface area contributed by atoms with Crippen LogP contribution in [0.2, 0.25) is 0 Å². The van der Waals surface area contributed by atoms with Crippen molar-refractivity contribution in [2.45, 2.75) is 24.7 Å². The van der Waals surface area contributed by atoms with Gasteiger partial charge in [-0.1, -0.05) is 19.1 Å². The molecule has 8 heteroatoms. The van der Waals surface area contributed by atoms with E-state index >= 15 is 0 Å². The summed E-state index contributed by atoms with van der Waals surface area (Å²) in [5.74, 6) is -1.93. The molecule has 1 aromatic carbocycles. The monoisotopic (exact) mass is 326 g/mol. The Morgan fingerprint density at radius 2 is 2.00 bits per heavy atom. The van der Waals surface area contributed by atoms with Gasteiger partial charge in [-0.15, -0.1) is 4.41 Å². The van der Waals surface area contributed by atoms with E-state index < -0.39 is 27.8 Å². The highest BCUT2D eigenvalue weighted by Crippen LogP contribution is 2.21. The van der Waals surface area contributed by atoms with Crippen LogP contribution in [0.3, 0.4) is 0 Å². The van der Waals surface area contributed by atoms with Gasteiger partial charge in [-0.25, -0.2) is 8.42 Å². The highest BCUT2D eigenvalue weighted by molar-refractivity contribution is 7.89. The fourth-order valence-electron chi connectivity index (χ4n) is 2.23. The predicted molar refractivity (Wildman–Crippen MR) is 78.0 cm³/mol. The van der Waals surface area contributed by atoms with E-state index in [0.29, 0.717) is 0 Å². The third kappa shape index (κ3) is 3.28. The highest BCUT2D eigenvalue weighted by atomic mass is 32.2. The molecule has 1 unspecified atom stereocenters. The first-order chi connectivity index (χ1) is 10.4. The molecule has 0 saturated carbocycles. The standard InChI is InChI=1S/C14H18N2O5S/c1-3-10-4-6-12(7-5-10)22(19,20)16-9-11(14(18)21-2)8-13(17)15-16/h4-7,11H,3,8-9H2,1-2H3,(H,15,17). The molecule has 1 fully saturated rings. The van der Waals surface area contributed by atoms with Crippen LogP contribution in [-0.4, -0.2) is 38.4 Å². The minimum absolute atomic E-state index is 0.0653. The van der Waals surface area contributed by atoms with Crippen LogP contribution in [0, 0.1) is 5.92 Å². The van der Waals surface area contributed by atoms with Crippen molar-refractivity contribution in [1.29, 1.82) is 0 Å². The quantitative estimate of drug-likeness (QED) is 0.812. The van der Waals surface area contributed by atoms with Gasteiger partial charge in [0.1, 0.15) is 0 Å². The predicted octanol–water partition coefficient (Wildman–Crippen LogP) is 0.464. The van der Waals surface area contributed by atoms with Gasteiger partial charge in [0.25, 0.3) is 10.0 Å². The van der Waals surface area contributed by atoms with Crippen molar-refractivity contribution in [1.82, 2.24) is 9.84 Å². The zero-order valence-electron chi connectivity index (χ0n) is 12.4. The topological polar surface area (TPSA) is 92.8 Å². The zero-order chi connectivity index (χ0) is 16.3. The Morgan fingerprint density at radius 3 is 2.55 bits per heavy atom. The number of esters is 1. The number of nitrogens with one attached hydrogen (secondary N) is 1. The SMILES string of the molecule is CCc1ccc(S(=O)(=O)N2CC(C(=O)OC)CC(=O)N2)cc1. The van der Waals surface area contributed by atoms with Gasteiger partial charge >= 0.3 is 5.97 Å². The van der Waals surface area contributed by atoms with Crippen LogP contribution in [0.4, 0.5) is 0 Å². The number of hydrogen-bond donors (Lipinski definition) is 1. The Kier molecular flexibility index (Phi) is 4.82. The molecule has 120 valence electrons. The number of hydrogen-bond acceptors (Lipinski definition) is 5. The molecule has 7 nitrogen and oxygen atoms in total. The molecule has 1 aliphatic rings. The number of rotatable bonds is 4. The van der Waals surface area contributed by atoms with Crippen LogP contribution in [0.1, 0.15) is 18.9 Å². The van der Waals surface area contributed by atoms with Gasteiger partial charge < -0.3 is 4.74 Å². The summed E-state index contributed by atoms with van der Waals surface area (Å²) in [4.78, 5) is 23.3. The largest absolute Gasteiger partial charge is 0.469 e. The summed E-state index contributed by atoms with van der Waals surface area (Å²) >= 11 is 0. The van der Waals surface area contributed by atoms with E-state index in [-0.39, 0.29) is 17.9 Å². The molecule has 1 saturated heterocycles. The molecular formula is C14H18N2O5S. The molecule has 0 aliphatic carbocycles. The van der Waals surface area contributed by atoms with E-state index in [2.05, 4.69) is 10.2 Å². The number of amides is 1. The molecule has 1 amide bonds. The zero-order valence-corrected chi connectivity index (χ0v) is 13.2. The smallest absolute Gasteiger partial charge is 0.310 e. The lowest BCUT2D eigenvalue weighted by molar-refractivity contribution is -0.150. The van der Waals surface area contributed by atoms with Gasteiger partial charge in [-0.05, 0) is 24.1 Å². The lowest BCUT2D eigenvalue weighted by Gasteiger charge is -2.30. The second kappa shape index (κ2) is 6.45. The van der Waals surface area contributed by atoms with Crippen LogP contribution in [0.15, 0.2) is 29.2 Å². The average molecular weight is 326 g/mol. The Hall–Kier alpha value is -1.93. The molecule has 1 N–H and O–H groups in total. The van der Waals surface area contributed by atoms with E-state index in [1.165, 1.54) is 19.2 Å². The first-order valence-electron chi connectivity index (χ1n) is 6.87. The molecular weight excluding hydrogens is 308 g/mol. The molecule has 22 heavy (non-hydrogen) atoms. The van der Waals surface area contributed by atoms with Gasteiger partial charge in [-0.2, -0.15) is 0 Å². The molecule has 1 aliphatic heterocycles. The van der Waals surface area contributed by atoms with Gasteiger partial charge in [0.2, 0.25) is 5.91 Å². The third-order valence-corrected chi connectivity index (χ3v) is 5.21. The molecule has 0 spiro atoms. The van der Waals surface area contributed by atoms with Crippen molar-refractivity contribution in [2.75, 3.05) is 13.7 Å². The first-order valence-corrected chi connectivity index (χ1v) is 8.31. The number of carbonyl (C=O) groups excluding carboxylic acids is 2. The summed E-state index contributed by atoms with van der Waals surface area (Å²) in [6.07, 6.45) is 0.707. The van der Waals surface area contributed by atoms with E-state index in [9.17, 15) is 18.0 Å². The summed E-state index contributed by atoms with van der Waals surface area (Å²) in [7, 11) is -2.70. The summed E-state index contributed by atoms with van der Waals surface area (Å²) in [5, 5.41) is 0. The number of benzene rings is 1. The van der Waals surface area contributed by atoms with Gasteiger partial charge in [-0.3, -0.25) is 15.0 Å². The number of methoxy groups -OCH3 is 1. The Balaban J connectivity index is 2.27. The van der Waals surface area contributed by atoms with E-state index in [1.54, 1.807) is 12.1 Å². The summed E-state index contributed by atoms with van der Waals surface area (Å²) < 4.78 is 30.5. The van der Waals surface area contributed by atoms with Gasteiger partial charge in [0, 0.05) is 13.0 Å². The average Bonchev–Trinajstić information content (AvgIpc) is 2.53. The van der Waals surface area contributed by atoms with Crippen molar-refractivity contribution in [3.05, 3.63) is 29.8 Å². The van der Waals surface area contributed by atoms with Crippen molar-refractivity contribution < 1.29 is 22.7 Å². The van der Waals surface area contributed by atoms with Crippen molar-refractivity contribution in [3.63, 3.8) is 0 Å². The third-order valence-electron chi connectivity index (χ3n) is 3.52. The molecule has 1 atom stereocenters. The number of ether oxygens (including phenoxy) is 1. The summed E-state index contributed by atoms with van der Waals surface area (Å²) in [6, 6.07) is 6.41. The number of nitrogens with zero attached hydrogens (tertiary/aromatic N) is 1. The normalized spacial score (nSPS) is 19.5. The van der Waals surface area contributed by atoms with Crippen molar-refractivity contribution >= 4 is 21.9 Å². The second-order valence-corrected chi connectivity index (χ2v) is 6.86. The number of sulfonamides is 1. The Labute approximate surface area is 129 Å². The molecule has 1 aromatic rings. The Bertz CT molecular complexity index is 669. The first kappa shape index (κ1) is 16.4. The lowest BCUT2D eigenvalue weighted by atomic mass is 10.0. The van der Waals surface area contributed by atoms with Crippen molar-refractivity contribution in [3.8, 4) is 0 Å². The number of hydrazine groups is 1. The fraction of sp³-hybridized carbons (Fsp3) is 0.429. The van der Waals surface area contributed by atoms with Gasteiger partial charge in [0.15, 0.2) is 0 Å². The van der Waals surface area contributed by atoms with Gasteiger partial charge in [0.05, 0.1) is 17.9 Å². The highest BCUT2D eigenvalue weighted by Gasteiger charge is 2.37. The molecule has 1 heterocycles.